The van der Waals surface area contributed by atoms with Gasteiger partial charge in [0.05, 0.1) is 11.1 Å². The van der Waals surface area contributed by atoms with Gasteiger partial charge in [-0.1, -0.05) is 12.1 Å². The molecular weight excluding hydrogens is 416 g/mol. The molecule has 6 rings (SSSR count). The molecule has 0 aliphatic heterocycles. The second-order valence-corrected chi connectivity index (χ2v) is 7.62. The van der Waals surface area contributed by atoms with E-state index in [2.05, 4.69) is 19.9 Å². The highest BCUT2D eigenvalue weighted by Gasteiger charge is 2.18. The van der Waals surface area contributed by atoms with E-state index in [0.717, 1.165) is 22.2 Å². The van der Waals surface area contributed by atoms with Crippen LogP contribution in [0.3, 0.4) is 0 Å². The zero-order valence-corrected chi connectivity index (χ0v) is 17.5. The topological polar surface area (TPSA) is 110 Å². The van der Waals surface area contributed by atoms with E-state index in [9.17, 15) is 4.79 Å². The Kier molecular flexibility index (Phi) is 4.29. The third-order valence-corrected chi connectivity index (χ3v) is 5.40. The number of nitrogens with zero attached hydrogens (tertiary/aromatic N) is 5. The molecule has 0 radical (unpaired) electrons. The Bertz CT molecular complexity index is 1710. The van der Waals surface area contributed by atoms with E-state index in [0.29, 0.717) is 39.4 Å². The van der Waals surface area contributed by atoms with Crippen LogP contribution in [0.5, 0.6) is 0 Å². The smallest absolute Gasteiger partial charge is 0.257 e. The molecule has 0 aliphatic carbocycles. The molecule has 0 bridgehead atoms. The van der Waals surface area contributed by atoms with Crippen molar-refractivity contribution in [2.45, 2.75) is 6.92 Å². The van der Waals surface area contributed by atoms with Crippen LogP contribution in [0.2, 0.25) is 0 Å². The van der Waals surface area contributed by atoms with Crippen molar-refractivity contribution in [3.8, 4) is 33.8 Å². The number of rotatable bonds is 3. The van der Waals surface area contributed by atoms with Crippen molar-refractivity contribution in [2.75, 3.05) is 0 Å². The van der Waals surface area contributed by atoms with Crippen molar-refractivity contribution in [3.63, 3.8) is 0 Å². The molecule has 1 N–H and O–H groups in total. The number of nitrogens with one attached hydrogen (secondary N) is 1. The minimum atomic E-state index is -0.294. The molecule has 0 aliphatic rings. The van der Waals surface area contributed by atoms with E-state index in [-0.39, 0.29) is 5.56 Å². The Balaban J connectivity index is 1.63. The molecule has 8 heteroatoms. The highest BCUT2D eigenvalue weighted by molar-refractivity contribution is 5.89. The largest absolute Gasteiger partial charge is 0.460 e. The van der Waals surface area contributed by atoms with Crippen LogP contribution in [0, 0.1) is 6.92 Å². The Hall–Kier alpha value is -4.72. The third kappa shape index (κ3) is 3.34. The van der Waals surface area contributed by atoms with E-state index < -0.39 is 0 Å². The van der Waals surface area contributed by atoms with Gasteiger partial charge in [-0.25, -0.2) is 19.9 Å². The molecule has 0 unspecified atom stereocenters. The zero-order valence-electron chi connectivity index (χ0n) is 17.5. The van der Waals surface area contributed by atoms with Crippen LogP contribution in [0.1, 0.15) is 5.76 Å². The fourth-order valence-electron chi connectivity index (χ4n) is 3.83. The van der Waals surface area contributed by atoms with Crippen LogP contribution in [-0.2, 0) is 0 Å². The highest BCUT2D eigenvalue weighted by atomic mass is 16.3. The number of aromatic amines is 1. The molecule has 0 spiro atoms. The number of furan rings is 1. The normalized spacial score (nSPS) is 11.3. The maximum absolute atomic E-state index is 12.8. The summed E-state index contributed by atoms with van der Waals surface area (Å²) in [5.41, 5.74) is 4.59. The Morgan fingerprint density at radius 1 is 0.879 bits per heavy atom. The summed E-state index contributed by atoms with van der Waals surface area (Å²) in [4.78, 5) is 37.7. The minimum Gasteiger partial charge on any atom is -0.460 e. The molecule has 0 amide bonds. The lowest BCUT2D eigenvalue weighted by Crippen LogP contribution is -2.11. The monoisotopic (exact) mass is 432 g/mol. The van der Waals surface area contributed by atoms with Gasteiger partial charge in [-0.05, 0) is 43.3 Å². The van der Waals surface area contributed by atoms with E-state index in [1.807, 2.05) is 49.4 Å². The first-order valence-corrected chi connectivity index (χ1v) is 10.3. The molecule has 0 fully saturated rings. The number of hydrogen-bond acceptors (Lipinski definition) is 7. The van der Waals surface area contributed by atoms with Gasteiger partial charge in [-0.15, -0.1) is 0 Å². The summed E-state index contributed by atoms with van der Waals surface area (Å²) in [6.45, 7) is 1.87. The maximum Gasteiger partial charge on any atom is 0.257 e. The van der Waals surface area contributed by atoms with Gasteiger partial charge in [0.25, 0.3) is 5.56 Å². The number of aromatic nitrogens is 6. The van der Waals surface area contributed by atoms with Crippen molar-refractivity contribution >= 4 is 22.1 Å². The number of benzene rings is 1. The van der Waals surface area contributed by atoms with Gasteiger partial charge in [0.1, 0.15) is 29.0 Å². The number of hydrogen-bond donors (Lipinski definition) is 1. The van der Waals surface area contributed by atoms with Gasteiger partial charge in [-0.3, -0.25) is 9.78 Å². The van der Waals surface area contributed by atoms with Gasteiger partial charge < -0.3 is 9.40 Å². The summed E-state index contributed by atoms with van der Waals surface area (Å²) >= 11 is 0. The Labute approximate surface area is 187 Å². The lowest BCUT2D eigenvalue weighted by molar-refractivity contribution is 0.546. The standard InChI is InChI=1S/C25H16N6O2/c1-14-4-7-21(33-14)23-22(16-5-6-19-15(9-16)3-2-8-28-19)29-20-10-18(17-11-26-13-27-12-17)25(32)31-24(20)30-23/h2-13H,1H3,(H,30,31,32). The molecule has 5 heterocycles. The summed E-state index contributed by atoms with van der Waals surface area (Å²) in [5, 5.41) is 0.988. The molecule has 33 heavy (non-hydrogen) atoms. The van der Waals surface area contributed by atoms with Crippen LogP contribution in [-0.4, -0.2) is 29.9 Å². The summed E-state index contributed by atoms with van der Waals surface area (Å²) < 4.78 is 5.87. The van der Waals surface area contributed by atoms with Gasteiger partial charge in [0.15, 0.2) is 11.4 Å². The number of pyridine rings is 2. The molecule has 158 valence electrons. The Morgan fingerprint density at radius 3 is 2.58 bits per heavy atom. The molecule has 0 saturated heterocycles. The van der Waals surface area contributed by atoms with Gasteiger partial charge in [0.2, 0.25) is 0 Å². The first kappa shape index (κ1) is 19.0. The minimum absolute atomic E-state index is 0.294. The van der Waals surface area contributed by atoms with Crippen molar-refractivity contribution in [1.29, 1.82) is 0 Å². The van der Waals surface area contributed by atoms with Crippen molar-refractivity contribution < 1.29 is 4.42 Å². The fourth-order valence-corrected chi connectivity index (χ4v) is 3.83. The molecule has 8 nitrogen and oxygen atoms in total. The van der Waals surface area contributed by atoms with Crippen LogP contribution >= 0.6 is 0 Å². The zero-order chi connectivity index (χ0) is 22.4. The highest BCUT2D eigenvalue weighted by Crippen LogP contribution is 2.33. The van der Waals surface area contributed by atoms with Crippen LogP contribution in [0.15, 0.2) is 82.7 Å². The summed E-state index contributed by atoms with van der Waals surface area (Å²) in [6, 6.07) is 15.3. The quantitative estimate of drug-likeness (QED) is 0.436. The average Bonchev–Trinajstić information content (AvgIpc) is 3.29. The second kappa shape index (κ2) is 7.45. The predicted molar refractivity (Wildman–Crippen MR) is 124 cm³/mol. The molecule has 5 aromatic heterocycles. The van der Waals surface area contributed by atoms with E-state index in [1.54, 1.807) is 24.7 Å². The number of H-pyrrole nitrogens is 1. The molecule has 6 aromatic rings. The van der Waals surface area contributed by atoms with Crippen LogP contribution in [0.25, 0.3) is 55.9 Å². The van der Waals surface area contributed by atoms with E-state index in [1.165, 1.54) is 6.33 Å². The summed E-state index contributed by atoms with van der Waals surface area (Å²) in [7, 11) is 0. The molecular formula is C25H16N6O2. The van der Waals surface area contributed by atoms with E-state index in [4.69, 9.17) is 14.4 Å². The maximum atomic E-state index is 12.8. The summed E-state index contributed by atoms with van der Waals surface area (Å²) in [6.07, 6.45) is 6.37. The molecule has 0 atom stereocenters. The van der Waals surface area contributed by atoms with Gasteiger partial charge in [0, 0.05) is 35.1 Å². The lowest BCUT2D eigenvalue weighted by atomic mass is 10.0. The molecule has 1 aromatic carbocycles. The fraction of sp³-hybridized carbons (Fsp3) is 0.0400. The van der Waals surface area contributed by atoms with Gasteiger partial charge in [-0.2, -0.15) is 0 Å². The lowest BCUT2D eigenvalue weighted by Gasteiger charge is -2.10. The summed E-state index contributed by atoms with van der Waals surface area (Å²) in [5.74, 6) is 1.33. The first-order chi connectivity index (χ1) is 16.2. The Morgan fingerprint density at radius 2 is 1.76 bits per heavy atom. The second-order valence-electron chi connectivity index (χ2n) is 7.62. The third-order valence-electron chi connectivity index (χ3n) is 5.40. The van der Waals surface area contributed by atoms with Crippen molar-refractivity contribution in [1.82, 2.24) is 29.9 Å². The number of aryl methyl sites for hydroxylation is 1. The van der Waals surface area contributed by atoms with Crippen molar-refractivity contribution in [2.24, 2.45) is 0 Å². The van der Waals surface area contributed by atoms with Crippen LogP contribution in [0.4, 0.5) is 0 Å². The van der Waals surface area contributed by atoms with Gasteiger partial charge >= 0.3 is 0 Å². The predicted octanol–water partition coefficient (Wildman–Crippen LogP) is 4.56. The SMILES string of the molecule is Cc1ccc(-c2nc3[nH]c(=O)c(-c4cncnc4)cc3nc2-c2ccc3ncccc3c2)o1. The van der Waals surface area contributed by atoms with E-state index >= 15 is 0 Å². The van der Waals surface area contributed by atoms with Crippen LogP contribution < -0.4 is 5.56 Å². The average molecular weight is 432 g/mol. The van der Waals surface area contributed by atoms with Crippen molar-refractivity contribution in [3.05, 3.63) is 89.6 Å². The molecule has 0 saturated carbocycles. The number of fused-ring (bicyclic) bond motifs is 2. The first-order valence-electron chi connectivity index (χ1n) is 10.3.